The Kier molecular flexibility index (Phi) is 4.60. The van der Waals surface area contributed by atoms with Crippen LogP contribution < -0.4 is 10.5 Å². The third-order valence-electron chi connectivity index (χ3n) is 4.70. The molecule has 27 heavy (non-hydrogen) atoms. The van der Waals surface area contributed by atoms with Gasteiger partial charge in [0.05, 0.1) is 23.2 Å². The van der Waals surface area contributed by atoms with Crippen molar-refractivity contribution in [2.75, 3.05) is 7.11 Å². The molecule has 4 nitrogen and oxygen atoms in total. The smallest absolute Gasteiger partial charge is 0.145 e. The van der Waals surface area contributed by atoms with Crippen molar-refractivity contribution in [1.82, 2.24) is 9.55 Å². The zero-order chi connectivity index (χ0) is 19.0. The van der Waals surface area contributed by atoms with Crippen molar-refractivity contribution in [1.29, 1.82) is 0 Å². The molecule has 0 aliphatic rings. The quantitative estimate of drug-likeness (QED) is 0.519. The number of nitrogens with zero attached hydrogens (tertiary/aromatic N) is 2. The van der Waals surface area contributed by atoms with Gasteiger partial charge >= 0.3 is 0 Å². The Balaban J connectivity index is 1.82. The molecule has 1 atom stereocenters. The van der Waals surface area contributed by atoms with Crippen molar-refractivity contribution < 1.29 is 4.74 Å². The molecule has 0 aliphatic heterocycles. The van der Waals surface area contributed by atoms with E-state index in [1.54, 1.807) is 7.11 Å². The molecule has 0 spiro atoms. The molecule has 1 aromatic heterocycles. The molecule has 2 N–H and O–H groups in total. The number of benzene rings is 3. The van der Waals surface area contributed by atoms with Gasteiger partial charge in [0.1, 0.15) is 12.1 Å². The fourth-order valence-electron chi connectivity index (χ4n) is 3.29. The second-order valence-corrected chi connectivity index (χ2v) is 6.93. The maximum absolute atomic E-state index is 6.29. The molecule has 3 aromatic carbocycles. The lowest BCUT2D eigenvalue weighted by atomic mass is 10.0. The van der Waals surface area contributed by atoms with Crippen molar-refractivity contribution in [3.63, 3.8) is 0 Å². The van der Waals surface area contributed by atoms with Crippen LogP contribution in [0.3, 0.4) is 0 Å². The highest BCUT2D eigenvalue weighted by atomic mass is 35.5. The molecule has 0 fully saturated rings. The molecule has 1 heterocycles. The van der Waals surface area contributed by atoms with E-state index in [-0.39, 0.29) is 6.04 Å². The Labute approximate surface area is 163 Å². The van der Waals surface area contributed by atoms with Crippen LogP contribution in [0.1, 0.15) is 18.5 Å². The predicted octanol–water partition coefficient (Wildman–Crippen LogP) is 5.37. The highest BCUT2D eigenvalue weighted by molar-refractivity contribution is 6.32. The number of ether oxygens (including phenoxy) is 1. The number of aromatic nitrogens is 2. The molecule has 0 amide bonds. The lowest BCUT2D eigenvalue weighted by Crippen LogP contribution is -2.04. The molecule has 0 saturated heterocycles. The number of halogens is 1. The number of hydrogen-bond donors (Lipinski definition) is 1. The molecule has 0 aliphatic carbocycles. The predicted molar refractivity (Wildman–Crippen MR) is 111 cm³/mol. The van der Waals surface area contributed by atoms with E-state index >= 15 is 0 Å². The number of hydrogen-bond acceptors (Lipinski definition) is 3. The summed E-state index contributed by atoms with van der Waals surface area (Å²) in [5.41, 5.74) is 12.0. The van der Waals surface area contributed by atoms with E-state index in [9.17, 15) is 0 Å². The van der Waals surface area contributed by atoms with Crippen LogP contribution in [-0.4, -0.2) is 16.7 Å². The van der Waals surface area contributed by atoms with Crippen LogP contribution >= 0.6 is 11.6 Å². The molecular weight excluding hydrogens is 358 g/mol. The van der Waals surface area contributed by atoms with E-state index in [0.29, 0.717) is 10.8 Å². The Morgan fingerprint density at radius 3 is 2.67 bits per heavy atom. The summed E-state index contributed by atoms with van der Waals surface area (Å²) in [5, 5.41) is 0.594. The lowest BCUT2D eigenvalue weighted by Gasteiger charge is -2.12. The van der Waals surface area contributed by atoms with Crippen LogP contribution in [0.15, 0.2) is 67.0 Å². The second-order valence-electron chi connectivity index (χ2n) is 6.52. The number of methoxy groups -OCH3 is 1. The fraction of sp³-hybridized carbons (Fsp3) is 0.136. The number of imidazole rings is 1. The molecule has 0 bridgehead atoms. The molecule has 4 aromatic rings. The first kappa shape index (κ1) is 17.6. The van der Waals surface area contributed by atoms with Crippen molar-refractivity contribution in [2.24, 2.45) is 5.73 Å². The van der Waals surface area contributed by atoms with Gasteiger partial charge in [0.25, 0.3) is 0 Å². The minimum atomic E-state index is -0.0156. The maximum Gasteiger partial charge on any atom is 0.145 e. The standard InChI is InChI=1S/C22H20ClN3O/c1-14(24)15-9-10-21-20(12-15)25-13-26(21)17-6-3-5-16(11-17)18-7-4-8-19(23)22(18)27-2/h3-14H,24H2,1-2H3. The third-order valence-corrected chi connectivity index (χ3v) is 5.00. The first-order valence-corrected chi connectivity index (χ1v) is 9.12. The zero-order valence-electron chi connectivity index (χ0n) is 15.2. The lowest BCUT2D eigenvalue weighted by molar-refractivity contribution is 0.416. The molecule has 5 heteroatoms. The molecule has 136 valence electrons. The Morgan fingerprint density at radius 2 is 1.89 bits per heavy atom. The average molecular weight is 378 g/mol. The summed E-state index contributed by atoms with van der Waals surface area (Å²) < 4.78 is 7.57. The largest absolute Gasteiger partial charge is 0.495 e. The number of nitrogens with two attached hydrogens (primary N) is 1. The summed E-state index contributed by atoms with van der Waals surface area (Å²) in [6, 6.07) is 20.1. The first-order valence-electron chi connectivity index (χ1n) is 8.74. The monoisotopic (exact) mass is 377 g/mol. The van der Waals surface area contributed by atoms with E-state index in [0.717, 1.165) is 33.4 Å². The molecule has 0 saturated carbocycles. The van der Waals surface area contributed by atoms with Gasteiger partial charge in [-0.3, -0.25) is 4.57 Å². The van der Waals surface area contributed by atoms with Gasteiger partial charge < -0.3 is 10.5 Å². The van der Waals surface area contributed by atoms with E-state index in [2.05, 4.69) is 33.8 Å². The van der Waals surface area contributed by atoms with Crippen LogP contribution in [0, 0.1) is 0 Å². The second kappa shape index (κ2) is 7.06. The van der Waals surface area contributed by atoms with Gasteiger partial charge in [0, 0.05) is 17.3 Å². The van der Waals surface area contributed by atoms with Gasteiger partial charge in [-0.05, 0) is 48.4 Å². The highest BCUT2D eigenvalue weighted by Crippen LogP contribution is 2.36. The first-order chi connectivity index (χ1) is 13.1. The van der Waals surface area contributed by atoms with Crippen molar-refractivity contribution in [3.8, 4) is 22.6 Å². The topological polar surface area (TPSA) is 53.1 Å². The summed E-state index contributed by atoms with van der Waals surface area (Å²) in [5.74, 6) is 0.674. The molecule has 4 rings (SSSR count). The minimum absolute atomic E-state index is 0.0156. The van der Waals surface area contributed by atoms with Gasteiger partial charge in [-0.1, -0.05) is 41.9 Å². The number of fused-ring (bicyclic) bond motifs is 1. The van der Waals surface area contributed by atoms with Crippen LogP contribution in [-0.2, 0) is 0 Å². The van der Waals surface area contributed by atoms with Crippen molar-refractivity contribution in [3.05, 3.63) is 77.6 Å². The van der Waals surface area contributed by atoms with E-state index < -0.39 is 0 Å². The Bertz CT molecular complexity index is 1120. The van der Waals surface area contributed by atoms with Gasteiger partial charge in [0.2, 0.25) is 0 Å². The molecular formula is C22H20ClN3O. The minimum Gasteiger partial charge on any atom is -0.495 e. The van der Waals surface area contributed by atoms with E-state index in [1.165, 1.54) is 0 Å². The highest BCUT2D eigenvalue weighted by Gasteiger charge is 2.12. The average Bonchev–Trinajstić information content (AvgIpc) is 3.11. The summed E-state index contributed by atoms with van der Waals surface area (Å²) >= 11 is 6.29. The maximum atomic E-state index is 6.29. The normalized spacial score (nSPS) is 12.3. The Hall–Kier alpha value is -2.82. The fourth-order valence-corrected chi connectivity index (χ4v) is 3.54. The van der Waals surface area contributed by atoms with Gasteiger partial charge in [-0.2, -0.15) is 0 Å². The van der Waals surface area contributed by atoms with Crippen LogP contribution in [0.5, 0.6) is 5.75 Å². The van der Waals surface area contributed by atoms with Crippen molar-refractivity contribution in [2.45, 2.75) is 13.0 Å². The van der Waals surface area contributed by atoms with Crippen LogP contribution in [0.4, 0.5) is 0 Å². The summed E-state index contributed by atoms with van der Waals surface area (Å²) in [6.07, 6.45) is 1.84. The molecule has 1 unspecified atom stereocenters. The molecule has 0 radical (unpaired) electrons. The van der Waals surface area contributed by atoms with E-state index in [4.69, 9.17) is 22.1 Å². The van der Waals surface area contributed by atoms with E-state index in [1.807, 2.05) is 49.6 Å². The number of para-hydroxylation sites is 1. The zero-order valence-corrected chi connectivity index (χ0v) is 15.9. The SMILES string of the molecule is COc1c(Cl)cccc1-c1cccc(-n2cnc3cc(C(C)N)ccc32)c1. The van der Waals surface area contributed by atoms with Crippen LogP contribution in [0.25, 0.3) is 27.8 Å². The summed E-state index contributed by atoms with van der Waals surface area (Å²) in [4.78, 5) is 4.55. The Morgan fingerprint density at radius 1 is 1.07 bits per heavy atom. The summed E-state index contributed by atoms with van der Waals surface area (Å²) in [7, 11) is 1.63. The van der Waals surface area contributed by atoms with Crippen LogP contribution in [0.2, 0.25) is 5.02 Å². The van der Waals surface area contributed by atoms with Crippen molar-refractivity contribution >= 4 is 22.6 Å². The number of rotatable bonds is 4. The van der Waals surface area contributed by atoms with Gasteiger partial charge in [-0.15, -0.1) is 0 Å². The summed E-state index contributed by atoms with van der Waals surface area (Å²) in [6.45, 7) is 1.97. The third kappa shape index (κ3) is 3.18. The van der Waals surface area contributed by atoms with Gasteiger partial charge in [0.15, 0.2) is 0 Å². The van der Waals surface area contributed by atoms with Gasteiger partial charge in [-0.25, -0.2) is 4.98 Å².